The number of furan rings is 1. The summed E-state index contributed by atoms with van der Waals surface area (Å²) >= 11 is 0. The van der Waals surface area contributed by atoms with Crippen LogP contribution in [0.15, 0.2) is 101 Å². The standard InChI is InChI=1S/C25H19NO/c1-26(19-8-3-2-4-9-19)20-16-14-18(15-17-20)21-11-7-13-24-25(21)22-10-5-6-12-23(22)27-24/h2-17H,1H3. The first-order chi connectivity index (χ1) is 13.3. The van der Waals surface area contributed by atoms with E-state index in [0.717, 1.165) is 22.2 Å². The summed E-state index contributed by atoms with van der Waals surface area (Å²) in [6, 6.07) is 33.6. The molecule has 0 amide bonds. The molecule has 2 heteroatoms. The molecule has 130 valence electrons. The van der Waals surface area contributed by atoms with Crippen molar-refractivity contribution in [2.45, 2.75) is 0 Å². The van der Waals surface area contributed by atoms with Crippen molar-refractivity contribution in [1.29, 1.82) is 0 Å². The number of hydrogen-bond donors (Lipinski definition) is 0. The second-order valence-electron chi connectivity index (χ2n) is 6.72. The minimum atomic E-state index is 0.930. The minimum absolute atomic E-state index is 0.930. The van der Waals surface area contributed by atoms with Gasteiger partial charge in [0.05, 0.1) is 0 Å². The van der Waals surface area contributed by atoms with Gasteiger partial charge in [-0.3, -0.25) is 0 Å². The minimum Gasteiger partial charge on any atom is -0.456 e. The highest BCUT2D eigenvalue weighted by Crippen LogP contribution is 2.37. The van der Waals surface area contributed by atoms with Crippen molar-refractivity contribution in [3.05, 3.63) is 97.1 Å². The van der Waals surface area contributed by atoms with Gasteiger partial charge in [0.15, 0.2) is 0 Å². The summed E-state index contributed by atoms with van der Waals surface area (Å²) in [6.45, 7) is 0. The van der Waals surface area contributed by atoms with E-state index in [0.29, 0.717) is 0 Å². The summed E-state index contributed by atoms with van der Waals surface area (Å²) in [6.07, 6.45) is 0. The number of hydrogen-bond acceptors (Lipinski definition) is 2. The van der Waals surface area contributed by atoms with E-state index in [1.807, 2.05) is 24.3 Å². The molecule has 1 aromatic heterocycles. The molecule has 4 aromatic carbocycles. The van der Waals surface area contributed by atoms with Gasteiger partial charge in [0.2, 0.25) is 0 Å². The molecule has 0 atom stereocenters. The number of fused-ring (bicyclic) bond motifs is 3. The fraction of sp³-hybridized carbons (Fsp3) is 0.0400. The van der Waals surface area contributed by atoms with Gasteiger partial charge in [0.25, 0.3) is 0 Å². The van der Waals surface area contributed by atoms with Gasteiger partial charge in [-0.1, -0.05) is 60.7 Å². The van der Waals surface area contributed by atoms with E-state index in [9.17, 15) is 0 Å². The predicted octanol–water partition coefficient (Wildman–Crippen LogP) is 7.02. The molecule has 27 heavy (non-hydrogen) atoms. The van der Waals surface area contributed by atoms with Crippen molar-refractivity contribution >= 4 is 33.3 Å². The van der Waals surface area contributed by atoms with Gasteiger partial charge in [-0.15, -0.1) is 0 Å². The van der Waals surface area contributed by atoms with Gasteiger partial charge in [-0.05, 0) is 47.5 Å². The van der Waals surface area contributed by atoms with Crippen LogP contribution in [0.4, 0.5) is 11.4 Å². The predicted molar refractivity (Wildman–Crippen MR) is 114 cm³/mol. The molecule has 0 spiro atoms. The lowest BCUT2D eigenvalue weighted by atomic mass is 9.99. The first-order valence-electron chi connectivity index (χ1n) is 9.11. The highest BCUT2D eigenvalue weighted by atomic mass is 16.3. The van der Waals surface area contributed by atoms with Crippen LogP contribution in [0.1, 0.15) is 0 Å². The SMILES string of the molecule is CN(c1ccccc1)c1ccc(-c2cccc3oc4ccccc4c23)cc1. The van der Waals surface area contributed by atoms with Crippen LogP contribution in [0.3, 0.4) is 0 Å². The normalized spacial score (nSPS) is 11.1. The quantitative estimate of drug-likeness (QED) is 0.348. The van der Waals surface area contributed by atoms with Gasteiger partial charge in [-0.25, -0.2) is 0 Å². The molecule has 0 saturated heterocycles. The van der Waals surface area contributed by atoms with Crippen molar-refractivity contribution in [2.75, 3.05) is 11.9 Å². The Morgan fingerprint density at radius 1 is 0.593 bits per heavy atom. The lowest BCUT2D eigenvalue weighted by molar-refractivity contribution is 0.669. The Morgan fingerprint density at radius 2 is 1.26 bits per heavy atom. The molecule has 2 nitrogen and oxygen atoms in total. The molecule has 0 unspecified atom stereocenters. The Bertz CT molecular complexity index is 1220. The van der Waals surface area contributed by atoms with Gasteiger partial charge in [-0.2, -0.15) is 0 Å². The Morgan fingerprint density at radius 3 is 2.07 bits per heavy atom. The first kappa shape index (κ1) is 15.7. The Balaban J connectivity index is 1.60. The topological polar surface area (TPSA) is 16.4 Å². The van der Waals surface area contributed by atoms with Crippen molar-refractivity contribution in [1.82, 2.24) is 0 Å². The van der Waals surface area contributed by atoms with E-state index in [2.05, 4.69) is 84.7 Å². The largest absolute Gasteiger partial charge is 0.456 e. The third-order valence-corrected chi connectivity index (χ3v) is 5.11. The maximum absolute atomic E-state index is 6.03. The van der Waals surface area contributed by atoms with Crippen LogP contribution in [-0.2, 0) is 0 Å². The molecule has 5 rings (SSSR count). The summed E-state index contributed by atoms with van der Waals surface area (Å²) in [5, 5.41) is 2.34. The Kier molecular flexibility index (Phi) is 3.68. The lowest BCUT2D eigenvalue weighted by Gasteiger charge is -2.19. The van der Waals surface area contributed by atoms with Crippen LogP contribution in [0, 0.1) is 0 Å². The van der Waals surface area contributed by atoms with Crippen molar-refractivity contribution in [2.24, 2.45) is 0 Å². The zero-order valence-corrected chi connectivity index (χ0v) is 15.1. The van der Waals surface area contributed by atoms with E-state index in [1.165, 1.54) is 22.2 Å². The lowest BCUT2D eigenvalue weighted by Crippen LogP contribution is -2.08. The molecule has 0 aliphatic rings. The van der Waals surface area contributed by atoms with Crippen LogP contribution < -0.4 is 4.90 Å². The van der Waals surface area contributed by atoms with Gasteiger partial charge >= 0.3 is 0 Å². The summed E-state index contributed by atoms with van der Waals surface area (Å²) in [5.41, 5.74) is 6.59. The van der Waals surface area contributed by atoms with Gasteiger partial charge in [0, 0.05) is 29.2 Å². The van der Waals surface area contributed by atoms with Crippen LogP contribution in [-0.4, -0.2) is 7.05 Å². The van der Waals surface area contributed by atoms with E-state index in [-0.39, 0.29) is 0 Å². The number of para-hydroxylation sites is 2. The second kappa shape index (κ2) is 6.33. The van der Waals surface area contributed by atoms with E-state index < -0.39 is 0 Å². The van der Waals surface area contributed by atoms with E-state index in [1.54, 1.807) is 0 Å². The number of anilines is 2. The van der Waals surface area contributed by atoms with Gasteiger partial charge < -0.3 is 9.32 Å². The smallest absolute Gasteiger partial charge is 0.136 e. The van der Waals surface area contributed by atoms with E-state index in [4.69, 9.17) is 4.42 Å². The maximum atomic E-state index is 6.03. The summed E-state index contributed by atoms with van der Waals surface area (Å²) in [5.74, 6) is 0. The molecule has 0 aliphatic heterocycles. The van der Waals surface area contributed by atoms with Crippen molar-refractivity contribution < 1.29 is 4.42 Å². The number of benzene rings is 4. The van der Waals surface area contributed by atoms with E-state index >= 15 is 0 Å². The third kappa shape index (κ3) is 2.67. The van der Waals surface area contributed by atoms with Crippen LogP contribution in [0.5, 0.6) is 0 Å². The monoisotopic (exact) mass is 349 g/mol. The first-order valence-corrected chi connectivity index (χ1v) is 9.11. The second-order valence-corrected chi connectivity index (χ2v) is 6.72. The highest BCUT2D eigenvalue weighted by Gasteiger charge is 2.12. The van der Waals surface area contributed by atoms with Gasteiger partial charge in [0.1, 0.15) is 11.2 Å². The average molecular weight is 349 g/mol. The highest BCUT2D eigenvalue weighted by molar-refractivity contribution is 6.12. The molecule has 0 aliphatic carbocycles. The summed E-state index contributed by atoms with van der Waals surface area (Å²) in [7, 11) is 2.09. The molecule has 5 aromatic rings. The Labute approximate surface area is 158 Å². The molecular formula is C25H19NO. The maximum Gasteiger partial charge on any atom is 0.136 e. The van der Waals surface area contributed by atoms with Crippen LogP contribution in [0.25, 0.3) is 33.1 Å². The fourth-order valence-corrected chi connectivity index (χ4v) is 3.68. The number of rotatable bonds is 3. The molecule has 0 radical (unpaired) electrons. The van der Waals surface area contributed by atoms with Crippen molar-refractivity contribution in [3.8, 4) is 11.1 Å². The third-order valence-electron chi connectivity index (χ3n) is 5.11. The van der Waals surface area contributed by atoms with Crippen molar-refractivity contribution in [3.63, 3.8) is 0 Å². The van der Waals surface area contributed by atoms with Crippen LogP contribution >= 0.6 is 0 Å². The summed E-state index contributed by atoms with van der Waals surface area (Å²) < 4.78 is 6.03. The summed E-state index contributed by atoms with van der Waals surface area (Å²) in [4.78, 5) is 2.19. The van der Waals surface area contributed by atoms with Crippen LogP contribution in [0.2, 0.25) is 0 Å². The molecule has 0 bridgehead atoms. The molecule has 0 N–H and O–H groups in total. The molecule has 0 fully saturated rings. The zero-order valence-electron chi connectivity index (χ0n) is 15.1. The number of nitrogens with zero attached hydrogens (tertiary/aromatic N) is 1. The molecule has 1 heterocycles. The zero-order chi connectivity index (χ0) is 18.2. The molecule has 0 saturated carbocycles. The fourth-order valence-electron chi connectivity index (χ4n) is 3.68. The Hall–Kier alpha value is -3.52. The molecular weight excluding hydrogens is 330 g/mol. The average Bonchev–Trinajstić information content (AvgIpc) is 3.13.